The van der Waals surface area contributed by atoms with Gasteiger partial charge in [0.25, 0.3) is 0 Å². The minimum atomic E-state index is -1.15. The number of Topliss-reactive ketones (excluding diaryl/α,β-unsaturated/α-hetero) is 1. The molecule has 0 N–H and O–H groups in total. The molecule has 0 saturated carbocycles. The number of ether oxygens (including phenoxy) is 3. The lowest BCUT2D eigenvalue weighted by Gasteiger charge is -2.29. The molecule has 3 rings (SSSR count). The minimum Gasteiger partial charge on any atom is -0.490 e. The quantitative estimate of drug-likeness (QED) is 0.494. The molecule has 0 bridgehead atoms. The van der Waals surface area contributed by atoms with Gasteiger partial charge < -0.3 is 14.2 Å². The average molecular weight is 378 g/mol. The highest BCUT2D eigenvalue weighted by Crippen LogP contribution is 2.42. The summed E-state index contributed by atoms with van der Waals surface area (Å²) in [6.45, 7) is 6.50. The van der Waals surface area contributed by atoms with Crippen LogP contribution in [0.4, 0.5) is 0 Å². The highest BCUT2D eigenvalue weighted by atomic mass is 16.5. The molecule has 0 amide bonds. The monoisotopic (exact) mass is 378 g/mol. The van der Waals surface area contributed by atoms with E-state index in [0.717, 1.165) is 16.3 Å². The maximum Gasteiger partial charge on any atom is 0.203 e. The van der Waals surface area contributed by atoms with Crippen LogP contribution in [0, 0.1) is 0 Å². The van der Waals surface area contributed by atoms with E-state index in [1.54, 1.807) is 14.0 Å². The Morgan fingerprint density at radius 1 is 0.929 bits per heavy atom. The van der Waals surface area contributed by atoms with E-state index >= 15 is 0 Å². The van der Waals surface area contributed by atoms with Crippen molar-refractivity contribution >= 4 is 16.6 Å². The fourth-order valence-corrected chi connectivity index (χ4v) is 3.41. The van der Waals surface area contributed by atoms with Crippen LogP contribution in [-0.4, -0.2) is 26.1 Å². The van der Waals surface area contributed by atoms with Crippen LogP contribution in [0.25, 0.3) is 10.8 Å². The molecule has 3 aromatic carbocycles. The summed E-state index contributed by atoms with van der Waals surface area (Å²) in [6, 6.07) is 19.2. The smallest absolute Gasteiger partial charge is 0.203 e. The van der Waals surface area contributed by atoms with E-state index in [-0.39, 0.29) is 5.78 Å². The van der Waals surface area contributed by atoms with Crippen molar-refractivity contribution in [2.45, 2.75) is 26.4 Å². The first-order chi connectivity index (χ1) is 13.6. The largest absolute Gasteiger partial charge is 0.490 e. The first-order valence-electron chi connectivity index (χ1n) is 9.53. The lowest BCUT2D eigenvalue weighted by Crippen LogP contribution is -2.35. The molecule has 0 aromatic heterocycles. The van der Waals surface area contributed by atoms with E-state index in [0.29, 0.717) is 30.3 Å². The van der Waals surface area contributed by atoms with Gasteiger partial charge in [-0.05, 0) is 43.2 Å². The molecule has 0 unspecified atom stereocenters. The summed E-state index contributed by atoms with van der Waals surface area (Å²) < 4.78 is 17.5. The fraction of sp³-hybridized carbons (Fsp3) is 0.292. The van der Waals surface area contributed by atoms with Gasteiger partial charge in [0.15, 0.2) is 17.1 Å². The van der Waals surface area contributed by atoms with Crippen molar-refractivity contribution in [2.75, 3.05) is 20.3 Å². The molecule has 4 heteroatoms. The van der Waals surface area contributed by atoms with Crippen molar-refractivity contribution in [1.82, 2.24) is 0 Å². The van der Waals surface area contributed by atoms with E-state index in [9.17, 15) is 4.79 Å². The van der Waals surface area contributed by atoms with Gasteiger partial charge in [-0.15, -0.1) is 0 Å². The highest BCUT2D eigenvalue weighted by molar-refractivity contribution is 6.15. The van der Waals surface area contributed by atoms with Crippen LogP contribution in [0.3, 0.4) is 0 Å². The number of ketones is 1. The molecule has 0 heterocycles. The molecule has 146 valence electrons. The van der Waals surface area contributed by atoms with Crippen LogP contribution >= 0.6 is 0 Å². The Balaban J connectivity index is 2.30. The lowest BCUT2D eigenvalue weighted by atomic mass is 9.85. The number of carbonyl (C=O) groups excluding carboxylic acids is 1. The summed E-state index contributed by atoms with van der Waals surface area (Å²) >= 11 is 0. The number of hydrogen-bond acceptors (Lipinski definition) is 4. The van der Waals surface area contributed by atoms with Crippen LogP contribution in [0.1, 0.15) is 36.7 Å². The third-order valence-electron chi connectivity index (χ3n) is 4.95. The van der Waals surface area contributed by atoms with Gasteiger partial charge in [-0.1, -0.05) is 54.6 Å². The zero-order valence-corrected chi connectivity index (χ0v) is 16.8. The second-order valence-electron chi connectivity index (χ2n) is 6.60. The molecular weight excluding hydrogens is 352 g/mol. The number of benzene rings is 3. The van der Waals surface area contributed by atoms with Crippen molar-refractivity contribution in [3.8, 4) is 11.5 Å². The van der Waals surface area contributed by atoms with Gasteiger partial charge >= 0.3 is 0 Å². The Hall–Kier alpha value is -2.85. The predicted octanol–water partition coefficient (Wildman–Crippen LogP) is 5.38. The van der Waals surface area contributed by atoms with E-state index in [4.69, 9.17) is 14.2 Å². The summed E-state index contributed by atoms with van der Waals surface area (Å²) in [7, 11) is 1.56. The lowest BCUT2D eigenvalue weighted by molar-refractivity contribution is 0.0100. The molecule has 0 radical (unpaired) electrons. The van der Waals surface area contributed by atoms with Crippen molar-refractivity contribution in [3.63, 3.8) is 0 Å². The number of rotatable bonds is 8. The Kier molecular flexibility index (Phi) is 6.00. The molecule has 0 aliphatic heterocycles. The third kappa shape index (κ3) is 3.48. The second kappa shape index (κ2) is 8.44. The average Bonchev–Trinajstić information content (AvgIpc) is 2.74. The molecule has 28 heavy (non-hydrogen) atoms. The van der Waals surface area contributed by atoms with E-state index in [1.807, 2.05) is 74.5 Å². The van der Waals surface area contributed by atoms with Crippen LogP contribution in [-0.2, 0) is 10.3 Å². The van der Waals surface area contributed by atoms with Crippen molar-refractivity contribution in [3.05, 3.63) is 71.8 Å². The van der Waals surface area contributed by atoms with Crippen molar-refractivity contribution in [2.24, 2.45) is 0 Å². The van der Waals surface area contributed by atoms with Crippen molar-refractivity contribution < 1.29 is 19.0 Å². The highest BCUT2D eigenvalue weighted by Gasteiger charge is 2.39. The first kappa shape index (κ1) is 19.9. The van der Waals surface area contributed by atoms with Crippen LogP contribution < -0.4 is 9.47 Å². The Morgan fingerprint density at radius 2 is 1.57 bits per heavy atom. The Bertz CT molecular complexity index is 965. The molecule has 1 atom stereocenters. The van der Waals surface area contributed by atoms with Crippen LogP contribution in [0.2, 0.25) is 0 Å². The summed E-state index contributed by atoms with van der Waals surface area (Å²) in [4.78, 5) is 13.9. The first-order valence-corrected chi connectivity index (χ1v) is 9.53. The van der Waals surface area contributed by atoms with E-state index < -0.39 is 5.60 Å². The van der Waals surface area contributed by atoms with Gasteiger partial charge in [0.05, 0.1) is 18.8 Å². The molecule has 0 saturated heterocycles. The van der Waals surface area contributed by atoms with Gasteiger partial charge in [-0.3, -0.25) is 4.79 Å². The minimum absolute atomic E-state index is 0.164. The van der Waals surface area contributed by atoms with E-state index in [2.05, 4.69) is 0 Å². The maximum absolute atomic E-state index is 13.9. The summed E-state index contributed by atoms with van der Waals surface area (Å²) in [6.07, 6.45) is 0. The molecular formula is C24H26O4. The SMILES string of the molecule is CCOc1cc2ccccc2c(C(=O)[C@](C)(OC)c2ccccc2)c1OCC. The zero-order valence-electron chi connectivity index (χ0n) is 16.8. The van der Waals surface area contributed by atoms with Gasteiger partial charge in [-0.25, -0.2) is 0 Å². The Morgan fingerprint density at radius 3 is 2.21 bits per heavy atom. The number of methoxy groups -OCH3 is 1. The standard InChI is InChI=1S/C24H26O4/c1-5-27-20-16-17-12-10-11-15-19(17)21(22(20)28-6-2)23(25)24(3,26-4)18-13-8-7-9-14-18/h7-16H,5-6H2,1-4H3/t24-/m1/s1. The maximum atomic E-state index is 13.9. The summed E-state index contributed by atoms with van der Waals surface area (Å²) in [5, 5.41) is 1.74. The molecule has 0 spiro atoms. The topological polar surface area (TPSA) is 44.8 Å². The molecule has 4 nitrogen and oxygen atoms in total. The van der Waals surface area contributed by atoms with Crippen molar-refractivity contribution in [1.29, 1.82) is 0 Å². The fourth-order valence-electron chi connectivity index (χ4n) is 3.41. The predicted molar refractivity (Wildman–Crippen MR) is 111 cm³/mol. The van der Waals surface area contributed by atoms with E-state index in [1.165, 1.54) is 0 Å². The van der Waals surface area contributed by atoms with Gasteiger partial charge in [0.2, 0.25) is 5.78 Å². The van der Waals surface area contributed by atoms with Crippen LogP contribution in [0.5, 0.6) is 11.5 Å². The molecule has 0 aliphatic carbocycles. The Labute approximate surface area is 166 Å². The number of hydrogen-bond donors (Lipinski definition) is 0. The zero-order chi connectivity index (χ0) is 20.1. The molecule has 0 fully saturated rings. The van der Waals surface area contributed by atoms with Gasteiger partial charge in [0.1, 0.15) is 0 Å². The van der Waals surface area contributed by atoms with Crippen LogP contribution in [0.15, 0.2) is 60.7 Å². The molecule has 0 aliphatic rings. The number of fused-ring (bicyclic) bond motifs is 1. The third-order valence-corrected chi connectivity index (χ3v) is 4.95. The van der Waals surface area contributed by atoms with Gasteiger partial charge in [0, 0.05) is 7.11 Å². The second-order valence-corrected chi connectivity index (χ2v) is 6.60. The van der Waals surface area contributed by atoms with Gasteiger partial charge in [-0.2, -0.15) is 0 Å². The number of carbonyl (C=O) groups is 1. The molecule has 3 aromatic rings. The normalized spacial score (nSPS) is 13.1. The summed E-state index contributed by atoms with van der Waals surface area (Å²) in [5.41, 5.74) is 0.119. The summed E-state index contributed by atoms with van der Waals surface area (Å²) in [5.74, 6) is 0.868.